The molecular weight excluding hydrogens is 362 g/mol. The van der Waals surface area contributed by atoms with E-state index in [0.29, 0.717) is 31.4 Å². The average molecular weight is 390 g/mol. The number of urea groups is 1. The number of hydrogen-bond donors (Lipinski definition) is 2. The van der Waals surface area contributed by atoms with E-state index in [9.17, 15) is 9.59 Å². The molecule has 3 aliphatic rings. The van der Waals surface area contributed by atoms with Crippen LogP contribution in [0.15, 0.2) is 30.3 Å². The molecule has 27 heavy (non-hydrogen) atoms. The fourth-order valence-corrected chi connectivity index (χ4v) is 5.71. The highest BCUT2D eigenvalue weighted by molar-refractivity contribution is 8.00. The number of nitrogens with zero attached hydrogens (tertiary/aromatic N) is 1. The van der Waals surface area contributed by atoms with Gasteiger partial charge < -0.3 is 20.3 Å². The number of carbonyl (C=O) groups is 2. The SMILES string of the molecule is O=C1NC2CSC(CCCCC(=O)N3CCOC(c4ccccc4)C3)C2N1. The first kappa shape index (κ1) is 18.6. The molecule has 7 heteroatoms. The van der Waals surface area contributed by atoms with Crippen LogP contribution in [0.25, 0.3) is 0 Å². The number of unbranched alkanes of at least 4 members (excludes halogenated alkanes) is 1. The van der Waals surface area contributed by atoms with Crippen LogP contribution >= 0.6 is 11.8 Å². The minimum atomic E-state index is -0.0363. The molecule has 0 spiro atoms. The third-order valence-corrected chi connectivity index (χ3v) is 7.17. The van der Waals surface area contributed by atoms with Gasteiger partial charge in [-0.3, -0.25) is 4.79 Å². The van der Waals surface area contributed by atoms with Crippen molar-refractivity contribution in [3.63, 3.8) is 0 Å². The molecule has 3 amide bonds. The molecule has 1 aromatic carbocycles. The van der Waals surface area contributed by atoms with E-state index in [-0.39, 0.29) is 30.1 Å². The van der Waals surface area contributed by atoms with Crippen LogP contribution in [-0.2, 0) is 9.53 Å². The van der Waals surface area contributed by atoms with E-state index in [1.54, 1.807) is 0 Å². The number of carbonyl (C=O) groups excluding carboxylic acids is 2. The Morgan fingerprint density at radius 3 is 2.93 bits per heavy atom. The van der Waals surface area contributed by atoms with Gasteiger partial charge in [0.15, 0.2) is 0 Å². The number of rotatable bonds is 6. The van der Waals surface area contributed by atoms with E-state index in [2.05, 4.69) is 22.8 Å². The minimum Gasteiger partial charge on any atom is -0.370 e. The lowest BCUT2D eigenvalue weighted by Gasteiger charge is -2.33. The standard InChI is InChI=1S/C20H27N3O3S/c24-18(23-10-11-26-16(12-23)14-6-2-1-3-7-14)9-5-4-8-17-19-15(13-27-17)21-20(25)22-19/h1-3,6-7,15-17,19H,4-5,8-13H2,(H2,21,22,25). The molecule has 4 atom stereocenters. The third kappa shape index (κ3) is 4.41. The normalized spacial score (nSPS) is 29.9. The quantitative estimate of drug-likeness (QED) is 0.579. The Kier molecular flexibility index (Phi) is 5.88. The third-order valence-electron chi connectivity index (χ3n) is 5.66. The van der Waals surface area contributed by atoms with Crippen molar-refractivity contribution in [2.75, 3.05) is 25.4 Å². The van der Waals surface area contributed by atoms with Crippen molar-refractivity contribution in [3.05, 3.63) is 35.9 Å². The maximum atomic E-state index is 12.6. The highest BCUT2D eigenvalue weighted by atomic mass is 32.2. The van der Waals surface area contributed by atoms with Gasteiger partial charge in [0.05, 0.1) is 25.2 Å². The van der Waals surface area contributed by atoms with Crippen LogP contribution in [-0.4, -0.2) is 59.6 Å². The average Bonchev–Trinajstić information content (AvgIpc) is 3.25. The first-order valence-corrected chi connectivity index (χ1v) is 10.9. The van der Waals surface area contributed by atoms with Crippen LogP contribution in [0, 0.1) is 0 Å². The highest BCUT2D eigenvalue weighted by Gasteiger charge is 2.42. The summed E-state index contributed by atoms with van der Waals surface area (Å²) in [4.78, 5) is 26.0. The van der Waals surface area contributed by atoms with Crippen LogP contribution < -0.4 is 10.6 Å². The molecule has 3 fully saturated rings. The fourth-order valence-electron chi connectivity index (χ4n) is 4.17. The molecule has 0 aliphatic carbocycles. The predicted octanol–water partition coefficient (Wildman–Crippen LogP) is 2.31. The summed E-state index contributed by atoms with van der Waals surface area (Å²) in [6.07, 6.45) is 3.56. The van der Waals surface area contributed by atoms with Crippen molar-refractivity contribution in [2.24, 2.45) is 0 Å². The Morgan fingerprint density at radius 1 is 1.22 bits per heavy atom. The Hall–Kier alpha value is -1.73. The van der Waals surface area contributed by atoms with Gasteiger partial charge in [-0.1, -0.05) is 36.8 Å². The Labute approximate surface area is 164 Å². The maximum absolute atomic E-state index is 12.6. The lowest BCUT2D eigenvalue weighted by atomic mass is 10.0. The van der Waals surface area contributed by atoms with E-state index >= 15 is 0 Å². The van der Waals surface area contributed by atoms with Crippen molar-refractivity contribution in [2.45, 2.75) is 49.1 Å². The number of thioether (sulfide) groups is 1. The number of morpholine rings is 1. The summed E-state index contributed by atoms with van der Waals surface area (Å²) in [6, 6.07) is 10.6. The molecule has 3 saturated heterocycles. The van der Waals surface area contributed by atoms with Crippen LogP contribution in [0.4, 0.5) is 4.79 Å². The van der Waals surface area contributed by atoms with Crippen molar-refractivity contribution in [1.29, 1.82) is 0 Å². The number of benzene rings is 1. The molecule has 6 nitrogen and oxygen atoms in total. The molecule has 4 rings (SSSR count). The zero-order chi connectivity index (χ0) is 18.6. The smallest absolute Gasteiger partial charge is 0.315 e. The molecule has 1 aromatic rings. The monoisotopic (exact) mass is 389 g/mol. The van der Waals surface area contributed by atoms with Crippen LogP contribution in [0.3, 0.4) is 0 Å². The summed E-state index contributed by atoms with van der Waals surface area (Å²) in [5, 5.41) is 6.47. The topological polar surface area (TPSA) is 70.7 Å². The number of hydrogen-bond acceptors (Lipinski definition) is 4. The number of amides is 3. The largest absolute Gasteiger partial charge is 0.370 e. The Bertz CT molecular complexity index is 672. The first-order valence-electron chi connectivity index (χ1n) is 9.83. The van der Waals surface area contributed by atoms with E-state index in [4.69, 9.17) is 4.74 Å². The summed E-state index contributed by atoms with van der Waals surface area (Å²) in [5.74, 6) is 1.22. The lowest BCUT2D eigenvalue weighted by molar-refractivity contribution is -0.139. The number of nitrogens with one attached hydrogen (secondary N) is 2. The summed E-state index contributed by atoms with van der Waals surface area (Å²) in [5.41, 5.74) is 1.13. The van der Waals surface area contributed by atoms with E-state index in [1.165, 1.54) is 0 Å². The molecule has 4 unspecified atom stereocenters. The first-order chi connectivity index (χ1) is 13.2. The fraction of sp³-hybridized carbons (Fsp3) is 0.600. The lowest BCUT2D eigenvalue weighted by Crippen LogP contribution is -2.42. The second-order valence-electron chi connectivity index (χ2n) is 7.48. The van der Waals surface area contributed by atoms with E-state index in [1.807, 2.05) is 34.9 Å². The van der Waals surface area contributed by atoms with E-state index in [0.717, 1.165) is 30.6 Å². The van der Waals surface area contributed by atoms with Crippen molar-refractivity contribution in [1.82, 2.24) is 15.5 Å². The van der Waals surface area contributed by atoms with Gasteiger partial charge in [-0.2, -0.15) is 11.8 Å². The van der Waals surface area contributed by atoms with Gasteiger partial charge in [0.2, 0.25) is 5.91 Å². The van der Waals surface area contributed by atoms with Gasteiger partial charge >= 0.3 is 6.03 Å². The molecule has 3 heterocycles. The zero-order valence-corrected chi connectivity index (χ0v) is 16.2. The molecule has 3 aliphatic heterocycles. The molecule has 2 N–H and O–H groups in total. The van der Waals surface area contributed by atoms with E-state index < -0.39 is 0 Å². The molecular formula is C20H27N3O3S. The molecule has 0 bridgehead atoms. The summed E-state index contributed by atoms with van der Waals surface area (Å²) in [6.45, 7) is 1.92. The molecule has 0 radical (unpaired) electrons. The van der Waals surface area contributed by atoms with Crippen molar-refractivity contribution >= 4 is 23.7 Å². The van der Waals surface area contributed by atoms with Crippen LogP contribution in [0.1, 0.15) is 37.4 Å². The minimum absolute atomic E-state index is 0.0193. The summed E-state index contributed by atoms with van der Waals surface area (Å²) < 4.78 is 5.85. The second-order valence-corrected chi connectivity index (χ2v) is 8.75. The van der Waals surface area contributed by atoms with Crippen LogP contribution in [0.2, 0.25) is 0 Å². The van der Waals surface area contributed by atoms with Crippen LogP contribution in [0.5, 0.6) is 0 Å². The summed E-state index contributed by atoms with van der Waals surface area (Å²) >= 11 is 1.93. The van der Waals surface area contributed by atoms with Gasteiger partial charge in [-0.25, -0.2) is 4.79 Å². The molecule has 146 valence electrons. The zero-order valence-electron chi connectivity index (χ0n) is 15.4. The van der Waals surface area contributed by atoms with Crippen molar-refractivity contribution in [3.8, 4) is 0 Å². The van der Waals surface area contributed by atoms with Gasteiger partial charge in [0.1, 0.15) is 6.10 Å². The van der Waals surface area contributed by atoms with Gasteiger partial charge in [-0.15, -0.1) is 0 Å². The predicted molar refractivity (Wildman–Crippen MR) is 106 cm³/mol. The Balaban J connectivity index is 1.19. The maximum Gasteiger partial charge on any atom is 0.315 e. The highest BCUT2D eigenvalue weighted by Crippen LogP contribution is 2.33. The molecule has 0 aromatic heterocycles. The molecule has 0 saturated carbocycles. The number of ether oxygens (including phenoxy) is 1. The van der Waals surface area contributed by atoms with Crippen molar-refractivity contribution < 1.29 is 14.3 Å². The Morgan fingerprint density at radius 2 is 2.07 bits per heavy atom. The summed E-state index contributed by atoms with van der Waals surface area (Å²) in [7, 11) is 0. The second kappa shape index (κ2) is 8.52. The van der Waals surface area contributed by atoms with Gasteiger partial charge in [0, 0.05) is 24.0 Å². The van der Waals surface area contributed by atoms with Gasteiger partial charge in [0.25, 0.3) is 0 Å². The number of fused-ring (bicyclic) bond motifs is 1. The van der Waals surface area contributed by atoms with Gasteiger partial charge in [-0.05, 0) is 18.4 Å².